The Bertz CT molecular complexity index is 1050. The van der Waals surface area contributed by atoms with Crippen molar-refractivity contribution in [3.8, 4) is 5.88 Å². The van der Waals surface area contributed by atoms with Crippen LogP contribution in [-0.4, -0.2) is 40.5 Å². The molecule has 2 N–H and O–H groups in total. The summed E-state index contributed by atoms with van der Waals surface area (Å²) in [6.07, 6.45) is 3.31. The molecule has 0 spiro atoms. The van der Waals surface area contributed by atoms with E-state index in [-0.39, 0.29) is 17.2 Å². The van der Waals surface area contributed by atoms with Crippen LogP contribution in [0.15, 0.2) is 60.9 Å². The SMILES string of the molecule is Cc1ccc(OCC2(C)CN(C(=O)c3ccc(N)nc3)C[C@@H]2c2ccc(Cl)cc2)nc1. The molecule has 1 unspecified atom stereocenters. The van der Waals surface area contributed by atoms with E-state index in [2.05, 4.69) is 16.9 Å². The van der Waals surface area contributed by atoms with Crippen molar-refractivity contribution in [1.29, 1.82) is 0 Å². The zero-order chi connectivity index (χ0) is 22.0. The molecular formula is C24H25ClN4O2. The first-order valence-electron chi connectivity index (χ1n) is 10.2. The third-order valence-corrected chi connectivity index (χ3v) is 6.08. The van der Waals surface area contributed by atoms with Gasteiger partial charge in [0.1, 0.15) is 5.82 Å². The van der Waals surface area contributed by atoms with E-state index in [1.165, 1.54) is 6.20 Å². The number of nitrogen functional groups attached to an aromatic ring is 1. The Labute approximate surface area is 187 Å². The fourth-order valence-electron chi connectivity index (χ4n) is 4.05. The molecule has 4 rings (SSSR count). The number of hydrogen-bond acceptors (Lipinski definition) is 5. The van der Waals surface area contributed by atoms with Gasteiger partial charge in [-0.3, -0.25) is 4.79 Å². The average molecular weight is 437 g/mol. The Morgan fingerprint density at radius 2 is 1.94 bits per heavy atom. The highest BCUT2D eigenvalue weighted by molar-refractivity contribution is 6.30. The van der Waals surface area contributed by atoms with E-state index in [1.54, 1.807) is 18.3 Å². The van der Waals surface area contributed by atoms with Crippen molar-refractivity contribution in [2.45, 2.75) is 19.8 Å². The monoisotopic (exact) mass is 436 g/mol. The number of hydrogen-bond donors (Lipinski definition) is 1. The molecule has 0 bridgehead atoms. The van der Waals surface area contributed by atoms with Crippen LogP contribution in [0.4, 0.5) is 5.82 Å². The fourth-order valence-corrected chi connectivity index (χ4v) is 4.17. The summed E-state index contributed by atoms with van der Waals surface area (Å²) in [5.41, 5.74) is 8.08. The Kier molecular flexibility index (Phi) is 5.83. The molecule has 2 aromatic heterocycles. The molecule has 6 nitrogen and oxygen atoms in total. The first-order valence-corrected chi connectivity index (χ1v) is 10.5. The minimum absolute atomic E-state index is 0.0661. The molecule has 0 saturated carbocycles. The van der Waals surface area contributed by atoms with Crippen molar-refractivity contribution in [3.63, 3.8) is 0 Å². The van der Waals surface area contributed by atoms with Crippen LogP contribution in [0.2, 0.25) is 5.02 Å². The van der Waals surface area contributed by atoms with Crippen LogP contribution >= 0.6 is 11.6 Å². The van der Waals surface area contributed by atoms with Crippen molar-refractivity contribution in [1.82, 2.24) is 14.9 Å². The number of nitrogens with two attached hydrogens (primary N) is 1. The Balaban J connectivity index is 1.59. The number of benzene rings is 1. The fraction of sp³-hybridized carbons (Fsp3) is 0.292. The molecule has 3 aromatic rings. The normalized spacial score (nSPS) is 20.6. The van der Waals surface area contributed by atoms with E-state index in [0.717, 1.165) is 11.1 Å². The van der Waals surface area contributed by atoms with Gasteiger partial charge in [0, 0.05) is 47.9 Å². The van der Waals surface area contributed by atoms with E-state index in [4.69, 9.17) is 22.1 Å². The molecule has 31 heavy (non-hydrogen) atoms. The van der Waals surface area contributed by atoms with E-state index >= 15 is 0 Å². The van der Waals surface area contributed by atoms with Gasteiger partial charge in [0.25, 0.3) is 5.91 Å². The highest BCUT2D eigenvalue weighted by Gasteiger charge is 2.46. The molecule has 0 radical (unpaired) electrons. The highest BCUT2D eigenvalue weighted by Crippen LogP contribution is 2.43. The van der Waals surface area contributed by atoms with E-state index < -0.39 is 0 Å². The second-order valence-corrected chi connectivity index (χ2v) is 8.81. The highest BCUT2D eigenvalue weighted by atomic mass is 35.5. The third kappa shape index (κ3) is 4.64. The number of aryl methyl sites for hydroxylation is 1. The van der Waals surface area contributed by atoms with Gasteiger partial charge >= 0.3 is 0 Å². The molecule has 7 heteroatoms. The van der Waals surface area contributed by atoms with E-state index in [0.29, 0.717) is 42.0 Å². The predicted molar refractivity (Wildman–Crippen MR) is 121 cm³/mol. The van der Waals surface area contributed by atoms with Gasteiger partial charge in [0.2, 0.25) is 5.88 Å². The van der Waals surface area contributed by atoms with E-state index in [1.807, 2.05) is 48.2 Å². The lowest BCUT2D eigenvalue weighted by atomic mass is 9.77. The van der Waals surface area contributed by atoms with Crippen molar-refractivity contribution in [3.05, 3.63) is 82.6 Å². The van der Waals surface area contributed by atoms with Crippen LogP contribution in [0.5, 0.6) is 5.88 Å². The first-order chi connectivity index (χ1) is 14.8. The van der Waals surface area contributed by atoms with Gasteiger partial charge in [-0.2, -0.15) is 0 Å². The number of nitrogens with zero attached hydrogens (tertiary/aromatic N) is 3. The van der Waals surface area contributed by atoms with Crippen LogP contribution in [0.3, 0.4) is 0 Å². The number of carbonyl (C=O) groups excluding carboxylic acids is 1. The summed E-state index contributed by atoms with van der Waals surface area (Å²) >= 11 is 6.10. The number of carbonyl (C=O) groups is 1. The lowest BCUT2D eigenvalue weighted by Gasteiger charge is -2.30. The van der Waals surface area contributed by atoms with Crippen LogP contribution in [0, 0.1) is 12.3 Å². The molecule has 1 aliphatic heterocycles. The van der Waals surface area contributed by atoms with Gasteiger partial charge in [0.05, 0.1) is 12.2 Å². The number of amides is 1. The summed E-state index contributed by atoms with van der Waals surface area (Å²) in [6, 6.07) is 15.0. The van der Waals surface area contributed by atoms with Crippen molar-refractivity contribution < 1.29 is 9.53 Å². The summed E-state index contributed by atoms with van der Waals surface area (Å²) in [7, 11) is 0. The molecule has 0 aliphatic carbocycles. The number of rotatable bonds is 5. The maximum atomic E-state index is 13.2. The quantitative estimate of drug-likeness (QED) is 0.643. The number of ether oxygens (including phenoxy) is 1. The summed E-state index contributed by atoms with van der Waals surface area (Å²) in [5, 5.41) is 0.685. The summed E-state index contributed by atoms with van der Waals surface area (Å²) in [5.74, 6) is 0.986. The topological polar surface area (TPSA) is 81.3 Å². The van der Waals surface area contributed by atoms with Gasteiger partial charge in [-0.15, -0.1) is 0 Å². The largest absolute Gasteiger partial charge is 0.477 e. The van der Waals surface area contributed by atoms with Gasteiger partial charge in [0.15, 0.2) is 0 Å². The van der Waals surface area contributed by atoms with Crippen LogP contribution in [0.25, 0.3) is 0 Å². The molecule has 1 saturated heterocycles. The molecule has 1 fully saturated rings. The summed E-state index contributed by atoms with van der Waals surface area (Å²) < 4.78 is 6.07. The molecule has 2 atom stereocenters. The van der Waals surface area contributed by atoms with Crippen LogP contribution in [0.1, 0.15) is 34.3 Å². The van der Waals surface area contributed by atoms with Gasteiger partial charge in [-0.05, 0) is 42.3 Å². The third-order valence-electron chi connectivity index (χ3n) is 5.82. The average Bonchev–Trinajstić information content (AvgIpc) is 3.12. The summed E-state index contributed by atoms with van der Waals surface area (Å²) in [4.78, 5) is 23.4. The van der Waals surface area contributed by atoms with Crippen molar-refractivity contribution >= 4 is 23.3 Å². The number of pyridine rings is 2. The molecule has 3 heterocycles. The van der Waals surface area contributed by atoms with Crippen molar-refractivity contribution in [2.24, 2.45) is 5.41 Å². The second-order valence-electron chi connectivity index (χ2n) is 8.38. The zero-order valence-electron chi connectivity index (χ0n) is 17.6. The molecule has 1 aliphatic rings. The Hall–Kier alpha value is -3.12. The summed E-state index contributed by atoms with van der Waals surface area (Å²) in [6.45, 7) is 5.69. The van der Waals surface area contributed by atoms with Crippen LogP contribution < -0.4 is 10.5 Å². The number of aromatic nitrogens is 2. The van der Waals surface area contributed by atoms with Gasteiger partial charge in [-0.25, -0.2) is 9.97 Å². The molecule has 1 aromatic carbocycles. The van der Waals surface area contributed by atoms with E-state index in [9.17, 15) is 4.79 Å². The smallest absolute Gasteiger partial charge is 0.255 e. The minimum atomic E-state index is -0.308. The molecule has 1 amide bonds. The zero-order valence-corrected chi connectivity index (χ0v) is 18.3. The van der Waals surface area contributed by atoms with Gasteiger partial charge in [-0.1, -0.05) is 36.7 Å². The number of anilines is 1. The van der Waals surface area contributed by atoms with Gasteiger partial charge < -0.3 is 15.4 Å². The van der Waals surface area contributed by atoms with Crippen molar-refractivity contribution in [2.75, 3.05) is 25.4 Å². The lowest BCUT2D eigenvalue weighted by molar-refractivity contribution is 0.0757. The number of halogens is 1. The maximum Gasteiger partial charge on any atom is 0.255 e. The standard InChI is InChI=1S/C24H25ClN4O2/c1-16-3-10-22(28-11-16)31-15-24(2)14-29(23(30)18-6-9-21(26)27-12-18)13-20(24)17-4-7-19(25)8-5-17/h3-12,20H,13-15H2,1-2H3,(H2,26,27)/t20-,24?/m1/s1. The van der Waals surface area contributed by atoms with Crippen LogP contribution in [-0.2, 0) is 0 Å². The number of likely N-dealkylation sites (tertiary alicyclic amines) is 1. The lowest BCUT2D eigenvalue weighted by Crippen LogP contribution is -2.35. The minimum Gasteiger partial charge on any atom is -0.477 e. The Morgan fingerprint density at radius 1 is 1.16 bits per heavy atom. The second kappa shape index (κ2) is 8.55. The Morgan fingerprint density at radius 3 is 2.58 bits per heavy atom. The molecular weight excluding hydrogens is 412 g/mol. The predicted octanol–water partition coefficient (Wildman–Crippen LogP) is 4.35. The maximum absolute atomic E-state index is 13.2. The first kappa shape index (κ1) is 21.1. The molecule has 160 valence electrons.